The molecule has 0 aliphatic carbocycles. The van der Waals surface area contributed by atoms with E-state index in [0.717, 1.165) is 12.3 Å². The van der Waals surface area contributed by atoms with Crippen molar-refractivity contribution in [3.63, 3.8) is 0 Å². The van der Waals surface area contributed by atoms with Crippen LogP contribution >= 0.6 is 0 Å². The molecule has 1 fully saturated rings. The highest BCUT2D eigenvalue weighted by Crippen LogP contribution is 2.38. The number of aromatic nitrogens is 2. The molecule has 5 nitrogen and oxygen atoms in total. The summed E-state index contributed by atoms with van der Waals surface area (Å²) in [6.07, 6.45) is -2.10. The third-order valence-electron chi connectivity index (χ3n) is 3.73. The Morgan fingerprint density at radius 1 is 1.17 bits per heavy atom. The molecule has 8 heteroatoms. The van der Waals surface area contributed by atoms with Gasteiger partial charge in [0, 0.05) is 43.6 Å². The second kappa shape index (κ2) is 6.04. The molecule has 2 heterocycles. The van der Waals surface area contributed by atoms with Gasteiger partial charge >= 0.3 is 6.18 Å². The zero-order valence-corrected chi connectivity index (χ0v) is 12.2. The fraction of sp³-hybridized carbons (Fsp3) is 0.333. The molecule has 0 unspecified atom stereocenters. The number of H-pyrrole nitrogens is 1. The van der Waals surface area contributed by atoms with E-state index in [1.54, 1.807) is 11.0 Å². The molecule has 0 bridgehead atoms. The van der Waals surface area contributed by atoms with Crippen molar-refractivity contribution in [3.05, 3.63) is 46.5 Å². The molecule has 2 N–H and O–H groups in total. The maximum absolute atomic E-state index is 13.4. The summed E-state index contributed by atoms with van der Waals surface area (Å²) in [5.74, 6) is 0. The van der Waals surface area contributed by atoms with Crippen molar-refractivity contribution in [2.45, 2.75) is 6.18 Å². The Labute approximate surface area is 130 Å². The van der Waals surface area contributed by atoms with Crippen molar-refractivity contribution in [2.75, 3.05) is 31.1 Å². The van der Waals surface area contributed by atoms with Gasteiger partial charge < -0.3 is 15.2 Å². The average Bonchev–Trinajstić information content (AvgIpc) is 2.55. The lowest BCUT2D eigenvalue weighted by Gasteiger charge is -2.31. The number of nitrogens with one attached hydrogen (secondary N) is 2. The van der Waals surface area contributed by atoms with Gasteiger partial charge in [-0.2, -0.15) is 13.2 Å². The Morgan fingerprint density at radius 2 is 1.91 bits per heavy atom. The lowest BCUT2D eigenvalue weighted by molar-refractivity contribution is -0.137. The van der Waals surface area contributed by atoms with Crippen LogP contribution in [0.25, 0.3) is 11.3 Å². The SMILES string of the molecule is O=c1cnc(-c2ccc(N3CCNCC3)c(C(F)(F)F)c2)c[nH]1. The van der Waals surface area contributed by atoms with Crippen LogP contribution in [0, 0.1) is 0 Å². The molecule has 0 atom stereocenters. The van der Waals surface area contributed by atoms with E-state index in [4.69, 9.17) is 0 Å². The standard InChI is InChI=1S/C15H15F3N4O/c16-15(17,18)11-7-10(12-8-21-14(23)9-20-12)1-2-13(11)22-5-3-19-4-6-22/h1-2,7-9,19H,3-6H2,(H,21,23). The number of alkyl halides is 3. The van der Waals surface area contributed by atoms with Crippen LogP contribution in [0.5, 0.6) is 0 Å². The molecule has 1 aliphatic rings. The fourth-order valence-electron chi connectivity index (χ4n) is 2.60. The first-order valence-electron chi connectivity index (χ1n) is 7.17. The van der Waals surface area contributed by atoms with Crippen LogP contribution in [0.3, 0.4) is 0 Å². The minimum absolute atomic E-state index is 0.173. The molecule has 3 rings (SSSR count). The molecule has 122 valence electrons. The number of anilines is 1. The van der Waals surface area contributed by atoms with Gasteiger partial charge in [-0.3, -0.25) is 4.79 Å². The normalized spacial score (nSPS) is 15.7. The maximum Gasteiger partial charge on any atom is 0.418 e. The minimum atomic E-state index is -4.46. The van der Waals surface area contributed by atoms with Crippen LogP contribution in [0.15, 0.2) is 35.4 Å². The first-order chi connectivity index (χ1) is 10.9. The van der Waals surface area contributed by atoms with Gasteiger partial charge in [-0.1, -0.05) is 6.07 Å². The predicted octanol–water partition coefficient (Wildman–Crippen LogP) is 1.87. The van der Waals surface area contributed by atoms with E-state index in [1.165, 1.54) is 12.3 Å². The molecule has 23 heavy (non-hydrogen) atoms. The fourth-order valence-corrected chi connectivity index (χ4v) is 2.60. The van der Waals surface area contributed by atoms with E-state index in [-0.39, 0.29) is 5.69 Å². The van der Waals surface area contributed by atoms with E-state index in [1.807, 2.05) is 0 Å². The Hall–Kier alpha value is -2.35. The molecule has 0 saturated carbocycles. The highest BCUT2D eigenvalue weighted by Gasteiger charge is 2.35. The number of hydrogen-bond donors (Lipinski definition) is 2. The molecule has 1 aliphatic heterocycles. The van der Waals surface area contributed by atoms with Crippen LogP contribution in [-0.4, -0.2) is 36.1 Å². The van der Waals surface area contributed by atoms with Gasteiger partial charge in [0.1, 0.15) is 0 Å². The molecule has 1 aromatic heterocycles. The molecule has 1 saturated heterocycles. The number of hydrogen-bond acceptors (Lipinski definition) is 4. The summed E-state index contributed by atoms with van der Waals surface area (Å²) in [5.41, 5.74) is -0.311. The Bertz CT molecular complexity index is 731. The van der Waals surface area contributed by atoms with Gasteiger partial charge in [0.15, 0.2) is 0 Å². The second-order valence-electron chi connectivity index (χ2n) is 5.26. The van der Waals surface area contributed by atoms with E-state index in [0.29, 0.717) is 37.4 Å². The van der Waals surface area contributed by atoms with Crippen LogP contribution in [0.1, 0.15) is 5.56 Å². The van der Waals surface area contributed by atoms with E-state index >= 15 is 0 Å². The van der Waals surface area contributed by atoms with Gasteiger partial charge in [0.05, 0.1) is 17.5 Å². The number of benzene rings is 1. The van der Waals surface area contributed by atoms with Gasteiger partial charge in [-0.25, -0.2) is 4.98 Å². The largest absolute Gasteiger partial charge is 0.418 e. The Morgan fingerprint density at radius 3 is 2.52 bits per heavy atom. The van der Waals surface area contributed by atoms with Crippen molar-refractivity contribution in [3.8, 4) is 11.3 Å². The average molecular weight is 324 g/mol. The van der Waals surface area contributed by atoms with Crippen molar-refractivity contribution >= 4 is 5.69 Å². The summed E-state index contributed by atoms with van der Waals surface area (Å²) in [4.78, 5) is 19.1. The summed E-state index contributed by atoms with van der Waals surface area (Å²) in [5, 5.41) is 3.12. The maximum atomic E-state index is 13.4. The topological polar surface area (TPSA) is 61.0 Å². The van der Waals surface area contributed by atoms with E-state index in [2.05, 4.69) is 15.3 Å². The van der Waals surface area contributed by atoms with Gasteiger partial charge in [-0.15, -0.1) is 0 Å². The van der Waals surface area contributed by atoms with Crippen molar-refractivity contribution < 1.29 is 13.2 Å². The highest BCUT2D eigenvalue weighted by atomic mass is 19.4. The third-order valence-corrected chi connectivity index (χ3v) is 3.73. The molecule has 0 radical (unpaired) electrons. The molecule has 2 aromatic rings. The molecule has 0 spiro atoms. The van der Waals surface area contributed by atoms with Gasteiger partial charge in [0.25, 0.3) is 5.56 Å². The van der Waals surface area contributed by atoms with Crippen LogP contribution in [0.2, 0.25) is 0 Å². The molecular weight excluding hydrogens is 309 g/mol. The molecule has 1 aromatic carbocycles. The van der Waals surface area contributed by atoms with Crippen LogP contribution in [-0.2, 0) is 6.18 Å². The lowest BCUT2D eigenvalue weighted by atomic mass is 10.0. The van der Waals surface area contributed by atoms with E-state index in [9.17, 15) is 18.0 Å². The zero-order valence-electron chi connectivity index (χ0n) is 12.2. The number of aromatic amines is 1. The summed E-state index contributed by atoms with van der Waals surface area (Å²) in [6.45, 7) is 2.36. The number of rotatable bonds is 2. The van der Waals surface area contributed by atoms with Crippen LogP contribution < -0.4 is 15.8 Å². The highest BCUT2D eigenvalue weighted by molar-refractivity contribution is 5.67. The minimum Gasteiger partial charge on any atom is -0.368 e. The quantitative estimate of drug-likeness (QED) is 0.885. The smallest absolute Gasteiger partial charge is 0.368 e. The molecule has 0 amide bonds. The Kier molecular flexibility index (Phi) is 4.08. The summed E-state index contributed by atoms with van der Waals surface area (Å²) in [6, 6.07) is 4.14. The summed E-state index contributed by atoms with van der Waals surface area (Å²) >= 11 is 0. The number of nitrogens with zero attached hydrogens (tertiary/aromatic N) is 2. The van der Waals surface area contributed by atoms with Crippen molar-refractivity contribution in [1.29, 1.82) is 0 Å². The summed E-state index contributed by atoms with van der Waals surface area (Å²) < 4.78 is 40.3. The number of halogens is 3. The predicted molar refractivity (Wildman–Crippen MR) is 80.4 cm³/mol. The van der Waals surface area contributed by atoms with E-state index < -0.39 is 17.3 Å². The third kappa shape index (κ3) is 3.37. The van der Waals surface area contributed by atoms with Gasteiger partial charge in [0.2, 0.25) is 0 Å². The number of piperazine rings is 1. The van der Waals surface area contributed by atoms with Crippen molar-refractivity contribution in [2.24, 2.45) is 0 Å². The molecular formula is C15H15F3N4O. The first-order valence-corrected chi connectivity index (χ1v) is 7.17. The van der Waals surface area contributed by atoms with Crippen LogP contribution in [0.4, 0.5) is 18.9 Å². The lowest BCUT2D eigenvalue weighted by Crippen LogP contribution is -2.44. The van der Waals surface area contributed by atoms with Crippen molar-refractivity contribution in [1.82, 2.24) is 15.3 Å². The second-order valence-corrected chi connectivity index (χ2v) is 5.26. The Balaban J connectivity index is 2.04. The first kappa shape index (κ1) is 15.5. The zero-order chi connectivity index (χ0) is 16.4. The summed E-state index contributed by atoms with van der Waals surface area (Å²) in [7, 11) is 0. The monoisotopic (exact) mass is 324 g/mol. The van der Waals surface area contributed by atoms with Gasteiger partial charge in [-0.05, 0) is 12.1 Å².